The van der Waals surface area contributed by atoms with Gasteiger partial charge in [-0.05, 0) is 25.8 Å². The van der Waals surface area contributed by atoms with Crippen LogP contribution in [0.4, 0.5) is 5.82 Å². The maximum Gasteiger partial charge on any atom is 0.358 e. The predicted molar refractivity (Wildman–Crippen MR) is 70.0 cm³/mol. The summed E-state index contributed by atoms with van der Waals surface area (Å²) in [5, 5.41) is 3.43. The van der Waals surface area contributed by atoms with Crippen molar-refractivity contribution in [2.75, 3.05) is 25.5 Å². The fourth-order valence-electron chi connectivity index (χ4n) is 3.05. The van der Waals surface area contributed by atoms with Gasteiger partial charge in [-0.1, -0.05) is 0 Å². The third-order valence-electron chi connectivity index (χ3n) is 3.99. The first kappa shape index (κ1) is 12.3. The minimum Gasteiger partial charge on any atom is -0.464 e. The highest BCUT2D eigenvalue weighted by molar-refractivity contribution is 5.86. The summed E-state index contributed by atoms with van der Waals surface area (Å²) < 4.78 is 4.60. The van der Waals surface area contributed by atoms with Crippen molar-refractivity contribution < 1.29 is 9.53 Å². The van der Waals surface area contributed by atoms with E-state index in [1.165, 1.54) is 32.7 Å². The number of ether oxygens (including phenoxy) is 1. The first-order valence-corrected chi connectivity index (χ1v) is 6.69. The van der Waals surface area contributed by atoms with Gasteiger partial charge in [0.2, 0.25) is 0 Å². The molecule has 3 rings (SSSR count). The number of carbonyl (C=O) groups is 1. The molecule has 0 bridgehead atoms. The Hall–Kier alpha value is -1.69. The lowest BCUT2D eigenvalue weighted by Crippen LogP contribution is -2.34. The summed E-state index contributed by atoms with van der Waals surface area (Å²) in [4.78, 5) is 22.1. The highest BCUT2D eigenvalue weighted by atomic mass is 16.5. The standard InChI is InChI=1S/C13H18N4O2/c1-19-13(18)10-7-15-12(8-14-10)16-9-4-6-17-5-2-3-11(9)17/h7-9,11H,2-6H2,1H3,(H,15,16). The van der Waals surface area contributed by atoms with E-state index in [4.69, 9.17) is 0 Å². The molecule has 2 fully saturated rings. The van der Waals surface area contributed by atoms with E-state index < -0.39 is 5.97 Å². The van der Waals surface area contributed by atoms with Gasteiger partial charge in [-0.25, -0.2) is 14.8 Å². The van der Waals surface area contributed by atoms with Crippen molar-refractivity contribution in [1.82, 2.24) is 14.9 Å². The Bertz CT molecular complexity index is 462. The number of esters is 1. The smallest absolute Gasteiger partial charge is 0.358 e. The van der Waals surface area contributed by atoms with E-state index in [0.29, 0.717) is 12.1 Å². The summed E-state index contributed by atoms with van der Waals surface area (Å²) in [7, 11) is 1.34. The van der Waals surface area contributed by atoms with Gasteiger partial charge in [0, 0.05) is 18.6 Å². The molecule has 0 aromatic carbocycles. The number of rotatable bonds is 3. The lowest BCUT2D eigenvalue weighted by atomic mass is 10.1. The largest absolute Gasteiger partial charge is 0.464 e. The summed E-state index contributed by atoms with van der Waals surface area (Å²) in [5.74, 6) is 0.272. The van der Waals surface area contributed by atoms with Crippen LogP contribution in [-0.2, 0) is 4.74 Å². The lowest BCUT2D eigenvalue weighted by Gasteiger charge is -2.21. The van der Waals surface area contributed by atoms with E-state index in [-0.39, 0.29) is 5.69 Å². The van der Waals surface area contributed by atoms with Gasteiger partial charge < -0.3 is 10.1 Å². The number of hydrogen-bond donors (Lipinski definition) is 1. The van der Waals surface area contributed by atoms with E-state index >= 15 is 0 Å². The van der Waals surface area contributed by atoms with Gasteiger partial charge in [-0.3, -0.25) is 4.90 Å². The average Bonchev–Trinajstić information content (AvgIpc) is 3.04. The first-order chi connectivity index (χ1) is 9.28. The summed E-state index contributed by atoms with van der Waals surface area (Å²) >= 11 is 0. The van der Waals surface area contributed by atoms with Crippen LogP contribution < -0.4 is 5.32 Å². The second-order valence-corrected chi connectivity index (χ2v) is 5.06. The van der Waals surface area contributed by atoms with Crippen LogP contribution in [0.25, 0.3) is 0 Å². The molecule has 0 aliphatic carbocycles. The fourth-order valence-corrected chi connectivity index (χ4v) is 3.05. The minimum absolute atomic E-state index is 0.238. The zero-order chi connectivity index (χ0) is 13.2. The number of nitrogens with zero attached hydrogens (tertiary/aromatic N) is 3. The molecule has 1 aromatic heterocycles. The Morgan fingerprint density at radius 2 is 2.26 bits per heavy atom. The second-order valence-electron chi connectivity index (χ2n) is 5.06. The molecule has 3 heterocycles. The molecule has 0 radical (unpaired) electrons. The van der Waals surface area contributed by atoms with Gasteiger partial charge >= 0.3 is 5.97 Å². The number of carbonyl (C=O) groups excluding carboxylic acids is 1. The fraction of sp³-hybridized carbons (Fsp3) is 0.615. The van der Waals surface area contributed by atoms with E-state index in [1.807, 2.05) is 0 Å². The average molecular weight is 262 g/mol. The van der Waals surface area contributed by atoms with Crippen LogP contribution in [0.2, 0.25) is 0 Å². The van der Waals surface area contributed by atoms with Crippen LogP contribution in [-0.4, -0.2) is 53.1 Å². The Labute approximate surface area is 112 Å². The number of methoxy groups -OCH3 is 1. The van der Waals surface area contributed by atoms with Crippen molar-refractivity contribution in [3.8, 4) is 0 Å². The molecule has 2 atom stereocenters. The summed E-state index contributed by atoms with van der Waals surface area (Å²) in [6.07, 6.45) is 6.74. The highest BCUT2D eigenvalue weighted by Crippen LogP contribution is 2.29. The van der Waals surface area contributed by atoms with Gasteiger partial charge in [-0.2, -0.15) is 0 Å². The summed E-state index contributed by atoms with van der Waals surface area (Å²) in [6, 6.07) is 1.07. The number of fused-ring (bicyclic) bond motifs is 1. The highest BCUT2D eigenvalue weighted by Gasteiger charge is 2.37. The molecule has 19 heavy (non-hydrogen) atoms. The quantitative estimate of drug-likeness (QED) is 0.817. The van der Waals surface area contributed by atoms with Crippen molar-refractivity contribution in [1.29, 1.82) is 0 Å². The molecule has 2 saturated heterocycles. The molecule has 2 aliphatic rings. The van der Waals surface area contributed by atoms with Crippen LogP contribution in [0.5, 0.6) is 0 Å². The van der Waals surface area contributed by atoms with Crippen molar-refractivity contribution in [2.45, 2.75) is 31.3 Å². The zero-order valence-corrected chi connectivity index (χ0v) is 11.0. The molecule has 6 heteroatoms. The molecule has 6 nitrogen and oxygen atoms in total. The van der Waals surface area contributed by atoms with Gasteiger partial charge in [0.05, 0.1) is 19.5 Å². The lowest BCUT2D eigenvalue weighted by molar-refractivity contribution is 0.0593. The number of hydrogen-bond acceptors (Lipinski definition) is 6. The van der Waals surface area contributed by atoms with E-state index in [1.54, 1.807) is 6.20 Å². The van der Waals surface area contributed by atoms with Crippen molar-refractivity contribution in [3.63, 3.8) is 0 Å². The Morgan fingerprint density at radius 3 is 3.00 bits per heavy atom. The van der Waals surface area contributed by atoms with E-state index in [2.05, 4.69) is 24.9 Å². The summed E-state index contributed by atoms with van der Waals surface area (Å²) in [6.45, 7) is 2.38. The number of nitrogens with one attached hydrogen (secondary N) is 1. The normalized spacial score (nSPS) is 26.2. The monoisotopic (exact) mass is 262 g/mol. The minimum atomic E-state index is -0.457. The number of aromatic nitrogens is 2. The molecule has 0 saturated carbocycles. The molecule has 1 N–H and O–H groups in total. The Morgan fingerprint density at radius 1 is 1.37 bits per heavy atom. The Kier molecular flexibility index (Phi) is 3.33. The summed E-state index contributed by atoms with van der Waals surface area (Å²) in [5.41, 5.74) is 0.238. The molecule has 102 valence electrons. The topological polar surface area (TPSA) is 67.3 Å². The predicted octanol–water partition coefficient (Wildman–Crippen LogP) is 0.912. The third-order valence-corrected chi connectivity index (χ3v) is 3.99. The maximum absolute atomic E-state index is 11.3. The molecular formula is C13H18N4O2. The molecular weight excluding hydrogens is 244 g/mol. The van der Waals surface area contributed by atoms with Crippen LogP contribution in [0.3, 0.4) is 0 Å². The SMILES string of the molecule is COC(=O)c1cnc(NC2CCN3CCCC23)cn1. The Balaban J connectivity index is 1.65. The maximum atomic E-state index is 11.3. The third kappa shape index (κ3) is 2.40. The molecule has 2 unspecified atom stereocenters. The van der Waals surface area contributed by atoms with Crippen LogP contribution in [0.1, 0.15) is 29.8 Å². The second kappa shape index (κ2) is 5.13. The number of anilines is 1. The van der Waals surface area contributed by atoms with E-state index in [0.717, 1.165) is 18.8 Å². The van der Waals surface area contributed by atoms with Gasteiger partial charge in [0.15, 0.2) is 5.69 Å². The van der Waals surface area contributed by atoms with Gasteiger partial charge in [0.1, 0.15) is 5.82 Å². The molecule has 0 spiro atoms. The molecule has 0 amide bonds. The van der Waals surface area contributed by atoms with Gasteiger partial charge in [-0.15, -0.1) is 0 Å². The van der Waals surface area contributed by atoms with Gasteiger partial charge in [0.25, 0.3) is 0 Å². The zero-order valence-electron chi connectivity index (χ0n) is 11.0. The van der Waals surface area contributed by atoms with Crippen molar-refractivity contribution in [2.24, 2.45) is 0 Å². The molecule has 1 aromatic rings. The molecule has 2 aliphatic heterocycles. The first-order valence-electron chi connectivity index (χ1n) is 6.69. The van der Waals surface area contributed by atoms with Crippen molar-refractivity contribution >= 4 is 11.8 Å². The van der Waals surface area contributed by atoms with Crippen LogP contribution in [0, 0.1) is 0 Å². The van der Waals surface area contributed by atoms with Crippen molar-refractivity contribution in [3.05, 3.63) is 18.1 Å². The van der Waals surface area contributed by atoms with Crippen LogP contribution >= 0.6 is 0 Å². The van der Waals surface area contributed by atoms with Crippen LogP contribution in [0.15, 0.2) is 12.4 Å². The van der Waals surface area contributed by atoms with E-state index in [9.17, 15) is 4.79 Å².